The van der Waals surface area contributed by atoms with Crippen molar-refractivity contribution in [2.24, 2.45) is 5.41 Å². The van der Waals surface area contributed by atoms with Crippen molar-refractivity contribution in [3.63, 3.8) is 0 Å². The van der Waals surface area contributed by atoms with E-state index in [4.69, 9.17) is 0 Å². The van der Waals surface area contributed by atoms with E-state index in [0.29, 0.717) is 5.41 Å². The molecule has 1 atom stereocenters. The highest BCUT2D eigenvalue weighted by atomic mass is 15.2. The Balaban J connectivity index is 2.17. The summed E-state index contributed by atoms with van der Waals surface area (Å²) >= 11 is 0. The van der Waals surface area contributed by atoms with Crippen LogP contribution in [0.2, 0.25) is 0 Å². The number of likely N-dealkylation sites (tertiary alicyclic amines) is 1. The molecule has 0 aromatic heterocycles. The van der Waals surface area contributed by atoms with Crippen LogP contribution in [-0.4, -0.2) is 37.6 Å². The second-order valence-electron chi connectivity index (χ2n) is 5.82. The summed E-state index contributed by atoms with van der Waals surface area (Å²) in [6.45, 7) is 10.4. The van der Waals surface area contributed by atoms with Crippen LogP contribution < -0.4 is 5.32 Å². The van der Waals surface area contributed by atoms with Gasteiger partial charge in [-0.1, -0.05) is 27.2 Å². The quantitative estimate of drug-likeness (QED) is 0.747. The van der Waals surface area contributed by atoms with Crippen LogP contribution in [0.5, 0.6) is 0 Å². The molecule has 14 heavy (non-hydrogen) atoms. The van der Waals surface area contributed by atoms with Gasteiger partial charge in [-0.2, -0.15) is 0 Å². The second-order valence-corrected chi connectivity index (χ2v) is 5.82. The molecule has 1 aliphatic rings. The Hall–Kier alpha value is -0.0800. The summed E-state index contributed by atoms with van der Waals surface area (Å²) in [6, 6.07) is 0.770. The molecule has 1 heterocycles. The first-order valence-corrected chi connectivity index (χ1v) is 5.90. The SMILES string of the molecule is CN1CCCCC1CNCC(C)(C)C. The van der Waals surface area contributed by atoms with E-state index in [1.54, 1.807) is 0 Å². The zero-order valence-electron chi connectivity index (χ0n) is 10.3. The van der Waals surface area contributed by atoms with Crippen LogP contribution in [0.4, 0.5) is 0 Å². The van der Waals surface area contributed by atoms with Crippen LogP contribution in [0.15, 0.2) is 0 Å². The van der Waals surface area contributed by atoms with Crippen LogP contribution in [0, 0.1) is 5.41 Å². The summed E-state index contributed by atoms with van der Waals surface area (Å²) in [4.78, 5) is 2.50. The molecule has 0 spiro atoms. The number of likely N-dealkylation sites (N-methyl/N-ethyl adjacent to an activating group) is 1. The summed E-state index contributed by atoms with van der Waals surface area (Å²) in [5.41, 5.74) is 0.410. The molecule has 0 saturated carbocycles. The van der Waals surface area contributed by atoms with Gasteiger partial charge in [0.15, 0.2) is 0 Å². The molecule has 1 saturated heterocycles. The largest absolute Gasteiger partial charge is 0.315 e. The number of hydrogen-bond acceptors (Lipinski definition) is 2. The Morgan fingerprint density at radius 1 is 1.29 bits per heavy atom. The zero-order chi connectivity index (χ0) is 10.6. The van der Waals surface area contributed by atoms with Crippen LogP contribution in [-0.2, 0) is 0 Å². The van der Waals surface area contributed by atoms with Gasteiger partial charge in [-0.15, -0.1) is 0 Å². The number of rotatable bonds is 3. The van der Waals surface area contributed by atoms with Gasteiger partial charge in [0.2, 0.25) is 0 Å². The smallest absolute Gasteiger partial charge is 0.0217 e. The fraction of sp³-hybridized carbons (Fsp3) is 1.00. The van der Waals surface area contributed by atoms with Crippen LogP contribution in [0.25, 0.3) is 0 Å². The van der Waals surface area contributed by atoms with E-state index in [-0.39, 0.29) is 0 Å². The predicted molar refractivity (Wildman–Crippen MR) is 62.6 cm³/mol. The lowest BCUT2D eigenvalue weighted by Gasteiger charge is -2.33. The number of nitrogens with zero attached hydrogens (tertiary/aromatic N) is 1. The first-order valence-electron chi connectivity index (χ1n) is 5.90. The first-order chi connectivity index (χ1) is 6.49. The number of nitrogens with one attached hydrogen (secondary N) is 1. The fourth-order valence-corrected chi connectivity index (χ4v) is 2.02. The molecule has 1 N–H and O–H groups in total. The summed E-state index contributed by atoms with van der Waals surface area (Å²) in [7, 11) is 2.25. The maximum atomic E-state index is 3.58. The van der Waals surface area contributed by atoms with Crippen molar-refractivity contribution in [1.29, 1.82) is 0 Å². The maximum Gasteiger partial charge on any atom is 0.0217 e. The molecule has 1 fully saturated rings. The van der Waals surface area contributed by atoms with E-state index in [1.807, 2.05) is 0 Å². The van der Waals surface area contributed by atoms with Gasteiger partial charge in [-0.05, 0) is 31.8 Å². The predicted octanol–water partition coefficient (Wildman–Crippen LogP) is 2.11. The molecular weight excluding hydrogens is 172 g/mol. The minimum absolute atomic E-state index is 0.410. The Kier molecular flexibility index (Phi) is 4.39. The Bertz CT molecular complexity index is 160. The van der Waals surface area contributed by atoms with E-state index in [1.165, 1.54) is 25.8 Å². The number of hydrogen-bond donors (Lipinski definition) is 1. The van der Waals surface area contributed by atoms with Gasteiger partial charge < -0.3 is 10.2 Å². The van der Waals surface area contributed by atoms with Crippen molar-refractivity contribution >= 4 is 0 Å². The van der Waals surface area contributed by atoms with Gasteiger partial charge in [-0.25, -0.2) is 0 Å². The van der Waals surface area contributed by atoms with E-state index in [9.17, 15) is 0 Å². The van der Waals surface area contributed by atoms with Crippen molar-refractivity contribution in [1.82, 2.24) is 10.2 Å². The van der Waals surface area contributed by atoms with E-state index in [2.05, 4.69) is 38.0 Å². The lowest BCUT2D eigenvalue weighted by atomic mass is 9.96. The van der Waals surface area contributed by atoms with Crippen LogP contribution >= 0.6 is 0 Å². The first kappa shape index (κ1) is 12.0. The topological polar surface area (TPSA) is 15.3 Å². The lowest BCUT2D eigenvalue weighted by Crippen LogP contribution is -2.44. The Morgan fingerprint density at radius 2 is 2.00 bits per heavy atom. The molecule has 1 rings (SSSR count). The minimum Gasteiger partial charge on any atom is -0.315 e. The summed E-state index contributed by atoms with van der Waals surface area (Å²) in [6.07, 6.45) is 4.16. The highest BCUT2D eigenvalue weighted by Gasteiger charge is 2.19. The number of piperidine rings is 1. The molecule has 1 aliphatic heterocycles. The van der Waals surface area contributed by atoms with Crippen LogP contribution in [0.3, 0.4) is 0 Å². The molecule has 0 radical (unpaired) electrons. The monoisotopic (exact) mass is 198 g/mol. The van der Waals surface area contributed by atoms with Crippen molar-refractivity contribution < 1.29 is 0 Å². The molecule has 2 nitrogen and oxygen atoms in total. The lowest BCUT2D eigenvalue weighted by molar-refractivity contribution is 0.177. The van der Waals surface area contributed by atoms with Crippen molar-refractivity contribution in [2.75, 3.05) is 26.7 Å². The van der Waals surface area contributed by atoms with Gasteiger partial charge in [0, 0.05) is 19.1 Å². The third-order valence-electron chi connectivity index (χ3n) is 2.96. The Labute approximate surface area is 89.1 Å². The second kappa shape index (κ2) is 5.13. The highest BCUT2D eigenvalue weighted by molar-refractivity contribution is 4.77. The van der Waals surface area contributed by atoms with Gasteiger partial charge >= 0.3 is 0 Å². The standard InChI is InChI=1S/C12H26N2/c1-12(2,3)10-13-9-11-7-5-6-8-14(11)4/h11,13H,5-10H2,1-4H3. The minimum atomic E-state index is 0.410. The highest BCUT2D eigenvalue weighted by Crippen LogP contribution is 2.15. The van der Waals surface area contributed by atoms with E-state index in [0.717, 1.165) is 19.1 Å². The molecule has 1 unspecified atom stereocenters. The van der Waals surface area contributed by atoms with Gasteiger partial charge in [0.1, 0.15) is 0 Å². The molecule has 0 aliphatic carbocycles. The third-order valence-corrected chi connectivity index (χ3v) is 2.96. The van der Waals surface area contributed by atoms with Gasteiger partial charge in [-0.3, -0.25) is 0 Å². The molecule has 84 valence electrons. The van der Waals surface area contributed by atoms with Gasteiger partial charge in [0.05, 0.1) is 0 Å². The Morgan fingerprint density at radius 3 is 2.57 bits per heavy atom. The normalized spacial score (nSPS) is 25.3. The fourth-order valence-electron chi connectivity index (χ4n) is 2.02. The molecule has 0 aromatic carbocycles. The van der Waals surface area contributed by atoms with Crippen molar-refractivity contribution in [2.45, 2.75) is 46.1 Å². The average molecular weight is 198 g/mol. The molecule has 0 aromatic rings. The zero-order valence-corrected chi connectivity index (χ0v) is 10.3. The maximum absolute atomic E-state index is 3.58. The van der Waals surface area contributed by atoms with Crippen molar-refractivity contribution in [3.8, 4) is 0 Å². The average Bonchev–Trinajstić information content (AvgIpc) is 2.06. The summed E-state index contributed by atoms with van der Waals surface area (Å²) in [5.74, 6) is 0. The molecular formula is C12H26N2. The summed E-state index contributed by atoms with van der Waals surface area (Å²) in [5, 5.41) is 3.58. The molecule has 0 amide bonds. The third kappa shape index (κ3) is 4.43. The van der Waals surface area contributed by atoms with Crippen LogP contribution in [0.1, 0.15) is 40.0 Å². The summed E-state index contributed by atoms with van der Waals surface area (Å²) < 4.78 is 0. The van der Waals surface area contributed by atoms with Gasteiger partial charge in [0.25, 0.3) is 0 Å². The molecule has 2 heteroatoms. The van der Waals surface area contributed by atoms with E-state index >= 15 is 0 Å². The molecule has 0 bridgehead atoms. The van der Waals surface area contributed by atoms with E-state index < -0.39 is 0 Å². The van der Waals surface area contributed by atoms with Crippen molar-refractivity contribution in [3.05, 3.63) is 0 Å².